The number of nitrogens with zero attached hydrogens (tertiary/aromatic N) is 1. The van der Waals surface area contributed by atoms with Gasteiger partial charge in [-0.3, -0.25) is 9.89 Å². The third kappa shape index (κ3) is 2.52. The van der Waals surface area contributed by atoms with E-state index in [2.05, 4.69) is 31.4 Å². The Balaban J connectivity index is 1.92. The minimum Gasteiger partial charge on any atom is -0.306 e. The predicted molar refractivity (Wildman–Crippen MR) is 84.0 cm³/mol. The number of aromatic amines is 1. The Morgan fingerprint density at radius 3 is 2.85 bits per heavy atom. The fourth-order valence-corrected chi connectivity index (χ4v) is 2.98. The summed E-state index contributed by atoms with van der Waals surface area (Å²) in [5, 5.41) is 13.4. The lowest BCUT2D eigenvalue weighted by Gasteiger charge is -2.06. The van der Waals surface area contributed by atoms with Crippen molar-refractivity contribution in [3.05, 3.63) is 57.3 Å². The second-order valence-electron chi connectivity index (χ2n) is 4.10. The molecule has 0 saturated heterocycles. The van der Waals surface area contributed by atoms with Gasteiger partial charge in [-0.25, -0.2) is 0 Å². The fourth-order valence-electron chi connectivity index (χ4n) is 1.84. The van der Waals surface area contributed by atoms with Crippen molar-refractivity contribution >= 4 is 39.0 Å². The van der Waals surface area contributed by atoms with Gasteiger partial charge in [-0.2, -0.15) is 16.4 Å². The van der Waals surface area contributed by atoms with Crippen molar-refractivity contribution in [1.82, 2.24) is 10.2 Å². The van der Waals surface area contributed by atoms with E-state index in [-0.39, 0.29) is 5.91 Å². The predicted octanol–water partition coefficient (Wildman–Crippen LogP) is 4.15. The van der Waals surface area contributed by atoms with Crippen LogP contribution in [-0.4, -0.2) is 16.1 Å². The van der Waals surface area contributed by atoms with Gasteiger partial charge in [0, 0.05) is 21.0 Å². The monoisotopic (exact) mass is 347 g/mol. The zero-order valence-corrected chi connectivity index (χ0v) is 12.7. The Hall–Kier alpha value is -1.92. The van der Waals surface area contributed by atoms with Gasteiger partial charge in [0.25, 0.3) is 5.91 Å². The largest absolute Gasteiger partial charge is 0.306 e. The van der Waals surface area contributed by atoms with Gasteiger partial charge >= 0.3 is 0 Å². The molecule has 3 rings (SSSR count). The van der Waals surface area contributed by atoms with Crippen LogP contribution >= 0.6 is 27.3 Å². The van der Waals surface area contributed by atoms with Gasteiger partial charge in [0.05, 0.1) is 11.8 Å². The van der Waals surface area contributed by atoms with Crippen LogP contribution in [0.15, 0.2) is 51.8 Å². The van der Waals surface area contributed by atoms with Crippen molar-refractivity contribution in [3.63, 3.8) is 0 Å². The van der Waals surface area contributed by atoms with Crippen molar-refractivity contribution in [2.75, 3.05) is 5.32 Å². The quantitative estimate of drug-likeness (QED) is 0.747. The first-order valence-electron chi connectivity index (χ1n) is 5.87. The summed E-state index contributed by atoms with van der Waals surface area (Å²) >= 11 is 4.99. The Bertz CT molecular complexity index is 736. The number of hydrogen-bond acceptors (Lipinski definition) is 3. The highest BCUT2D eigenvalue weighted by molar-refractivity contribution is 9.10. The summed E-state index contributed by atoms with van der Waals surface area (Å²) in [6.45, 7) is 0. The molecule has 0 bridgehead atoms. The van der Waals surface area contributed by atoms with E-state index in [0.717, 1.165) is 15.6 Å². The third-order valence-corrected chi connectivity index (χ3v) is 4.20. The van der Waals surface area contributed by atoms with E-state index in [1.807, 2.05) is 35.0 Å². The van der Waals surface area contributed by atoms with E-state index >= 15 is 0 Å². The van der Waals surface area contributed by atoms with E-state index in [0.29, 0.717) is 11.4 Å². The number of amides is 1. The second kappa shape index (κ2) is 5.60. The summed E-state index contributed by atoms with van der Waals surface area (Å²) in [7, 11) is 0. The molecule has 0 unspecified atom stereocenters. The summed E-state index contributed by atoms with van der Waals surface area (Å²) in [4.78, 5) is 12.1. The number of anilines is 1. The Morgan fingerprint density at radius 2 is 2.10 bits per heavy atom. The van der Waals surface area contributed by atoms with Crippen LogP contribution in [0.1, 0.15) is 10.4 Å². The SMILES string of the molecule is O=C(Nc1[nH]ncc1-c1ccccc1Br)c1ccsc1. The van der Waals surface area contributed by atoms with E-state index in [9.17, 15) is 4.79 Å². The van der Waals surface area contributed by atoms with Crippen LogP contribution in [0, 0.1) is 0 Å². The van der Waals surface area contributed by atoms with E-state index in [4.69, 9.17) is 0 Å². The van der Waals surface area contributed by atoms with Gasteiger partial charge in [0.1, 0.15) is 5.82 Å². The molecule has 6 heteroatoms. The first-order chi connectivity index (χ1) is 9.75. The molecule has 0 saturated carbocycles. The lowest BCUT2D eigenvalue weighted by atomic mass is 10.1. The number of halogens is 1. The minimum absolute atomic E-state index is 0.149. The molecule has 0 fully saturated rings. The molecule has 2 heterocycles. The molecule has 4 nitrogen and oxygen atoms in total. The zero-order chi connectivity index (χ0) is 13.9. The zero-order valence-electron chi connectivity index (χ0n) is 10.3. The summed E-state index contributed by atoms with van der Waals surface area (Å²) < 4.78 is 0.951. The molecule has 0 aliphatic rings. The average Bonchev–Trinajstić information content (AvgIpc) is 3.10. The highest BCUT2D eigenvalue weighted by Crippen LogP contribution is 2.32. The maximum atomic E-state index is 12.1. The number of carbonyl (C=O) groups is 1. The first kappa shape index (κ1) is 13.1. The van der Waals surface area contributed by atoms with Gasteiger partial charge in [-0.15, -0.1) is 0 Å². The van der Waals surface area contributed by atoms with Crippen LogP contribution < -0.4 is 5.32 Å². The molecule has 100 valence electrons. The van der Waals surface area contributed by atoms with Crippen molar-refractivity contribution in [3.8, 4) is 11.1 Å². The molecule has 1 aromatic carbocycles. The molecule has 3 aromatic rings. The van der Waals surface area contributed by atoms with Gasteiger partial charge in [0.2, 0.25) is 0 Å². The summed E-state index contributed by atoms with van der Waals surface area (Å²) in [6.07, 6.45) is 1.70. The number of carbonyl (C=O) groups excluding carboxylic acids is 1. The van der Waals surface area contributed by atoms with Gasteiger partial charge in [-0.1, -0.05) is 34.1 Å². The minimum atomic E-state index is -0.149. The maximum absolute atomic E-state index is 12.1. The van der Waals surface area contributed by atoms with Crippen LogP contribution in [0.2, 0.25) is 0 Å². The van der Waals surface area contributed by atoms with Crippen LogP contribution in [0.4, 0.5) is 5.82 Å². The first-order valence-corrected chi connectivity index (χ1v) is 7.61. The molecule has 0 aliphatic carbocycles. The highest BCUT2D eigenvalue weighted by atomic mass is 79.9. The maximum Gasteiger partial charge on any atom is 0.257 e. The highest BCUT2D eigenvalue weighted by Gasteiger charge is 2.14. The van der Waals surface area contributed by atoms with Gasteiger partial charge in [-0.05, 0) is 17.5 Å². The third-order valence-electron chi connectivity index (χ3n) is 2.83. The molecule has 0 radical (unpaired) electrons. The number of thiophene rings is 1. The fraction of sp³-hybridized carbons (Fsp3) is 0. The molecule has 0 spiro atoms. The van der Waals surface area contributed by atoms with Crippen LogP contribution in [0.3, 0.4) is 0 Å². The average molecular weight is 348 g/mol. The van der Waals surface area contributed by atoms with Crippen molar-refractivity contribution < 1.29 is 4.79 Å². The van der Waals surface area contributed by atoms with Crippen molar-refractivity contribution in [1.29, 1.82) is 0 Å². The second-order valence-corrected chi connectivity index (χ2v) is 5.74. The number of aromatic nitrogens is 2. The summed E-state index contributed by atoms with van der Waals surface area (Å²) in [6, 6.07) is 9.59. The Kier molecular flexibility index (Phi) is 3.66. The molecule has 2 aromatic heterocycles. The summed E-state index contributed by atoms with van der Waals surface area (Å²) in [5.74, 6) is 0.442. The molecular formula is C14H10BrN3OS. The van der Waals surface area contributed by atoms with Crippen LogP contribution in [0.25, 0.3) is 11.1 Å². The standard InChI is InChI=1S/C14H10BrN3OS/c15-12-4-2-1-3-10(12)11-7-16-18-13(11)17-14(19)9-5-6-20-8-9/h1-8H,(H2,16,17,18,19). The normalized spacial score (nSPS) is 10.4. The number of rotatable bonds is 3. The van der Waals surface area contributed by atoms with E-state index in [1.54, 1.807) is 12.3 Å². The summed E-state index contributed by atoms with van der Waals surface area (Å²) in [5.41, 5.74) is 2.46. The smallest absolute Gasteiger partial charge is 0.257 e. The molecule has 1 amide bonds. The Morgan fingerprint density at radius 1 is 1.25 bits per heavy atom. The van der Waals surface area contributed by atoms with Gasteiger partial charge in [0.15, 0.2) is 0 Å². The number of H-pyrrole nitrogens is 1. The molecular weight excluding hydrogens is 338 g/mol. The lowest BCUT2D eigenvalue weighted by molar-refractivity contribution is 0.102. The molecule has 20 heavy (non-hydrogen) atoms. The molecule has 0 atom stereocenters. The van der Waals surface area contributed by atoms with E-state index < -0.39 is 0 Å². The number of hydrogen-bond donors (Lipinski definition) is 2. The van der Waals surface area contributed by atoms with Gasteiger partial charge < -0.3 is 5.32 Å². The van der Waals surface area contributed by atoms with Crippen molar-refractivity contribution in [2.45, 2.75) is 0 Å². The Labute approximate surface area is 128 Å². The van der Waals surface area contributed by atoms with Crippen LogP contribution in [0.5, 0.6) is 0 Å². The molecule has 0 aliphatic heterocycles. The number of nitrogens with one attached hydrogen (secondary N) is 2. The number of benzene rings is 1. The van der Waals surface area contributed by atoms with Crippen molar-refractivity contribution in [2.24, 2.45) is 0 Å². The lowest BCUT2D eigenvalue weighted by Crippen LogP contribution is -2.11. The van der Waals surface area contributed by atoms with Crippen LogP contribution in [-0.2, 0) is 0 Å². The van der Waals surface area contributed by atoms with E-state index in [1.165, 1.54) is 11.3 Å². The molecule has 2 N–H and O–H groups in total. The topological polar surface area (TPSA) is 57.8 Å².